The summed E-state index contributed by atoms with van der Waals surface area (Å²) in [6, 6.07) is 12.6. The van der Waals surface area contributed by atoms with Crippen LogP contribution in [0.3, 0.4) is 0 Å². The molecule has 1 aliphatic carbocycles. The first-order chi connectivity index (χ1) is 12.4. The normalized spacial score (nSPS) is 19.2. The van der Waals surface area contributed by atoms with Gasteiger partial charge in [-0.3, -0.25) is 0 Å². The number of carboxylic acids is 1. The average molecular weight is 358 g/mol. The van der Waals surface area contributed by atoms with Crippen LogP contribution in [-0.4, -0.2) is 29.9 Å². The third-order valence-electron chi connectivity index (χ3n) is 4.54. The zero-order valence-electron chi connectivity index (χ0n) is 14.9. The number of benzene rings is 2. The van der Waals surface area contributed by atoms with Crippen molar-refractivity contribution in [3.63, 3.8) is 0 Å². The standard InChI is InChI=1S/C21H23FO4/c1-13(2)26-17-7-8-20(22)19(11-17)15-5-3-14(4-6-15)16-9-18(10-16)25-12-21(23)24/h3-8,11,13,16,18H,9-10,12H2,1-2H3,(H,23,24)/t16-,18+. The van der Waals surface area contributed by atoms with Crippen LogP contribution < -0.4 is 4.74 Å². The molecular weight excluding hydrogens is 335 g/mol. The minimum absolute atomic E-state index is 0.0121. The van der Waals surface area contributed by atoms with Crippen molar-refractivity contribution in [3.05, 3.63) is 53.8 Å². The number of hydrogen-bond acceptors (Lipinski definition) is 3. The highest BCUT2D eigenvalue weighted by molar-refractivity contribution is 5.68. The molecule has 0 radical (unpaired) electrons. The smallest absolute Gasteiger partial charge is 0.329 e. The van der Waals surface area contributed by atoms with Crippen molar-refractivity contribution in [3.8, 4) is 16.9 Å². The number of hydrogen-bond donors (Lipinski definition) is 1. The van der Waals surface area contributed by atoms with Crippen molar-refractivity contribution in [1.82, 2.24) is 0 Å². The van der Waals surface area contributed by atoms with Crippen LogP contribution in [0.25, 0.3) is 11.1 Å². The van der Waals surface area contributed by atoms with Gasteiger partial charge in [0.05, 0.1) is 12.2 Å². The highest BCUT2D eigenvalue weighted by atomic mass is 19.1. The third-order valence-corrected chi connectivity index (χ3v) is 4.54. The topological polar surface area (TPSA) is 55.8 Å². The predicted octanol–water partition coefficient (Wildman–Crippen LogP) is 4.63. The van der Waals surface area contributed by atoms with Gasteiger partial charge in [0.15, 0.2) is 0 Å². The fraction of sp³-hybridized carbons (Fsp3) is 0.381. The van der Waals surface area contributed by atoms with Gasteiger partial charge in [0, 0.05) is 5.56 Å². The van der Waals surface area contributed by atoms with Gasteiger partial charge < -0.3 is 14.6 Å². The molecule has 0 bridgehead atoms. The monoisotopic (exact) mass is 358 g/mol. The van der Waals surface area contributed by atoms with Gasteiger partial charge in [-0.2, -0.15) is 0 Å². The third kappa shape index (κ3) is 4.41. The summed E-state index contributed by atoms with van der Waals surface area (Å²) < 4.78 is 25.1. The molecule has 3 rings (SSSR count). The van der Waals surface area contributed by atoms with E-state index in [2.05, 4.69) is 0 Å². The molecule has 2 aromatic rings. The Morgan fingerprint density at radius 3 is 2.50 bits per heavy atom. The lowest BCUT2D eigenvalue weighted by atomic mass is 9.77. The molecule has 26 heavy (non-hydrogen) atoms. The molecule has 0 atom stereocenters. The molecule has 0 heterocycles. The van der Waals surface area contributed by atoms with Gasteiger partial charge >= 0.3 is 5.97 Å². The predicted molar refractivity (Wildman–Crippen MR) is 97.0 cm³/mol. The van der Waals surface area contributed by atoms with Gasteiger partial charge in [0.2, 0.25) is 0 Å². The van der Waals surface area contributed by atoms with Crippen LogP contribution in [0.4, 0.5) is 4.39 Å². The molecule has 0 spiro atoms. The zero-order chi connectivity index (χ0) is 18.7. The Morgan fingerprint density at radius 2 is 1.88 bits per heavy atom. The van der Waals surface area contributed by atoms with Gasteiger partial charge in [-0.05, 0) is 61.9 Å². The van der Waals surface area contributed by atoms with Crippen LogP contribution in [0, 0.1) is 5.82 Å². The second-order valence-corrected chi connectivity index (χ2v) is 6.93. The summed E-state index contributed by atoms with van der Waals surface area (Å²) in [4.78, 5) is 10.5. The first-order valence-corrected chi connectivity index (χ1v) is 8.82. The van der Waals surface area contributed by atoms with Crippen molar-refractivity contribution in [2.45, 2.75) is 44.8 Å². The summed E-state index contributed by atoms with van der Waals surface area (Å²) in [7, 11) is 0. The minimum atomic E-state index is -0.941. The molecule has 4 nitrogen and oxygen atoms in total. The van der Waals surface area contributed by atoms with E-state index in [0.29, 0.717) is 17.2 Å². The van der Waals surface area contributed by atoms with E-state index in [1.165, 1.54) is 11.6 Å². The van der Waals surface area contributed by atoms with Crippen molar-refractivity contribution in [2.24, 2.45) is 0 Å². The SMILES string of the molecule is CC(C)Oc1ccc(F)c(-c2ccc([C@H]3C[C@@H](OCC(=O)O)C3)cc2)c1. The van der Waals surface area contributed by atoms with Crippen molar-refractivity contribution in [1.29, 1.82) is 0 Å². The molecule has 1 saturated carbocycles. The molecular formula is C21H23FO4. The maximum absolute atomic E-state index is 14.2. The lowest BCUT2D eigenvalue weighted by Crippen LogP contribution is -2.31. The highest BCUT2D eigenvalue weighted by Crippen LogP contribution is 2.39. The second-order valence-electron chi connectivity index (χ2n) is 6.93. The Kier molecular flexibility index (Phi) is 5.57. The highest BCUT2D eigenvalue weighted by Gasteiger charge is 2.31. The number of rotatable bonds is 7. The Bertz CT molecular complexity index is 764. The molecule has 0 unspecified atom stereocenters. The summed E-state index contributed by atoms with van der Waals surface area (Å²) in [5, 5.41) is 8.63. The fourth-order valence-corrected chi connectivity index (χ4v) is 3.17. The van der Waals surface area contributed by atoms with E-state index < -0.39 is 5.97 Å². The van der Waals surface area contributed by atoms with E-state index in [1.807, 2.05) is 38.1 Å². The largest absolute Gasteiger partial charge is 0.491 e. The summed E-state index contributed by atoms with van der Waals surface area (Å²) in [5.41, 5.74) is 2.49. The maximum Gasteiger partial charge on any atom is 0.329 e. The molecule has 1 fully saturated rings. The van der Waals surface area contributed by atoms with Crippen molar-refractivity contribution in [2.75, 3.05) is 6.61 Å². The molecule has 1 aliphatic rings. The van der Waals surface area contributed by atoms with Gasteiger partial charge in [0.1, 0.15) is 18.2 Å². The number of halogens is 1. The van der Waals surface area contributed by atoms with E-state index in [-0.39, 0.29) is 24.6 Å². The van der Waals surface area contributed by atoms with Crippen molar-refractivity contribution < 1.29 is 23.8 Å². The van der Waals surface area contributed by atoms with Crippen molar-refractivity contribution >= 4 is 5.97 Å². The van der Waals surface area contributed by atoms with Gasteiger partial charge in [-0.25, -0.2) is 9.18 Å². The molecule has 0 aromatic heterocycles. The molecule has 0 amide bonds. The first kappa shape index (κ1) is 18.4. The van der Waals surface area contributed by atoms with Crippen LogP contribution >= 0.6 is 0 Å². The van der Waals surface area contributed by atoms with E-state index in [0.717, 1.165) is 18.4 Å². The fourth-order valence-electron chi connectivity index (χ4n) is 3.17. The number of ether oxygens (including phenoxy) is 2. The molecule has 1 N–H and O–H groups in total. The Hall–Kier alpha value is -2.40. The molecule has 5 heteroatoms. The molecule has 2 aromatic carbocycles. The Balaban J connectivity index is 1.66. The summed E-state index contributed by atoms with van der Waals surface area (Å²) in [5.74, 6) is -0.204. The lowest BCUT2D eigenvalue weighted by molar-refractivity contribution is -0.146. The first-order valence-electron chi connectivity index (χ1n) is 8.82. The Morgan fingerprint density at radius 1 is 1.19 bits per heavy atom. The van der Waals surface area contributed by atoms with Gasteiger partial charge in [-0.1, -0.05) is 24.3 Å². The van der Waals surface area contributed by atoms with Crippen LogP contribution in [0.5, 0.6) is 5.75 Å². The van der Waals surface area contributed by atoms with E-state index in [4.69, 9.17) is 14.6 Å². The lowest BCUT2D eigenvalue weighted by Gasteiger charge is -2.35. The van der Waals surface area contributed by atoms with Gasteiger partial charge in [-0.15, -0.1) is 0 Å². The number of aliphatic carboxylic acids is 1. The quantitative estimate of drug-likeness (QED) is 0.784. The van der Waals surface area contributed by atoms with Crippen LogP contribution in [-0.2, 0) is 9.53 Å². The molecule has 0 saturated heterocycles. The summed E-state index contributed by atoms with van der Waals surface area (Å²) >= 11 is 0. The second kappa shape index (κ2) is 7.87. The maximum atomic E-state index is 14.2. The van der Waals surface area contributed by atoms with Crippen LogP contribution in [0.1, 0.15) is 38.2 Å². The zero-order valence-corrected chi connectivity index (χ0v) is 14.9. The number of carboxylic acid groups (broad SMARTS) is 1. The van der Waals surface area contributed by atoms with E-state index in [9.17, 15) is 9.18 Å². The molecule has 138 valence electrons. The minimum Gasteiger partial charge on any atom is -0.491 e. The number of carbonyl (C=O) groups is 1. The Labute approximate surface area is 152 Å². The summed E-state index contributed by atoms with van der Waals surface area (Å²) in [6.07, 6.45) is 1.68. The molecule has 0 aliphatic heterocycles. The van der Waals surface area contributed by atoms with Crippen LogP contribution in [0.2, 0.25) is 0 Å². The van der Waals surface area contributed by atoms with E-state index >= 15 is 0 Å². The van der Waals surface area contributed by atoms with Crippen LogP contribution in [0.15, 0.2) is 42.5 Å². The van der Waals surface area contributed by atoms with E-state index in [1.54, 1.807) is 12.1 Å². The van der Waals surface area contributed by atoms with Gasteiger partial charge in [0.25, 0.3) is 0 Å². The summed E-state index contributed by atoms with van der Waals surface area (Å²) in [6.45, 7) is 3.62. The average Bonchev–Trinajstić information content (AvgIpc) is 2.55.